The van der Waals surface area contributed by atoms with Crippen molar-refractivity contribution in [2.75, 3.05) is 20.3 Å². The summed E-state index contributed by atoms with van der Waals surface area (Å²) in [6.45, 7) is 3.72. The van der Waals surface area contributed by atoms with Gasteiger partial charge < -0.3 is 25.6 Å². The summed E-state index contributed by atoms with van der Waals surface area (Å²) in [5.74, 6) is -1.23. The molecule has 0 heterocycles. The van der Waals surface area contributed by atoms with Crippen LogP contribution in [-0.2, 0) is 14.3 Å². The number of nitrogens with one attached hydrogen (secondary N) is 2. The van der Waals surface area contributed by atoms with Gasteiger partial charge in [0.2, 0.25) is 11.8 Å². The third kappa shape index (κ3) is 6.65. The molecule has 0 spiro atoms. The van der Waals surface area contributed by atoms with Crippen LogP contribution in [0.1, 0.15) is 50.2 Å². The number of hydrogen-bond acceptors (Lipinski definition) is 5. The molecule has 1 saturated carbocycles. The first-order chi connectivity index (χ1) is 14.4. The fourth-order valence-corrected chi connectivity index (χ4v) is 4.00. The molecule has 3 atom stereocenters. The smallest absolute Gasteiger partial charge is 0.224 e. The van der Waals surface area contributed by atoms with Gasteiger partial charge in [-0.2, -0.15) is 0 Å². The van der Waals surface area contributed by atoms with Crippen molar-refractivity contribution < 1.29 is 24.5 Å². The number of aliphatic hydroxyl groups is 2. The lowest BCUT2D eigenvalue weighted by molar-refractivity contribution is -0.132. The number of hydrogen-bond donors (Lipinski definition) is 4. The Balaban J connectivity index is 2.03. The number of allylic oxidation sites excluding steroid dienone is 1. The highest BCUT2D eigenvalue weighted by Crippen LogP contribution is 2.29. The maximum atomic E-state index is 12.9. The van der Waals surface area contributed by atoms with E-state index in [0.29, 0.717) is 12.0 Å². The monoisotopic (exact) mass is 418 g/mol. The van der Waals surface area contributed by atoms with Crippen LogP contribution in [0.3, 0.4) is 0 Å². The Hall–Kier alpha value is -2.22. The van der Waals surface area contributed by atoms with Gasteiger partial charge in [-0.25, -0.2) is 0 Å². The quantitative estimate of drug-likeness (QED) is 0.388. The van der Waals surface area contributed by atoms with Gasteiger partial charge in [-0.1, -0.05) is 49.2 Å². The van der Waals surface area contributed by atoms with Crippen LogP contribution in [0.2, 0.25) is 0 Å². The average molecular weight is 419 g/mol. The molecule has 7 heteroatoms. The molecule has 0 unspecified atom stereocenters. The molecule has 2 amide bonds. The van der Waals surface area contributed by atoms with Crippen LogP contribution in [0, 0.1) is 5.92 Å². The Labute approximate surface area is 178 Å². The van der Waals surface area contributed by atoms with Crippen LogP contribution >= 0.6 is 0 Å². The first-order valence-electron chi connectivity index (χ1n) is 10.5. The van der Waals surface area contributed by atoms with Gasteiger partial charge in [0.05, 0.1) is 30.7 Å². The Kier molecular flexibility index (Phi) is 9.49. The maximum absolute atomic E-state index is 12.9. The lowest BCUT2D eigenvalue weighted by Gasteiger charge is -2.29. The van der Waals surface area contributed by atoms with Gasteiger partial charge in [0, 0.05) is 13.5 Å². The number of benzene rings is 1. The van der Waals surface area contributed by atoms with Crippen LogP contribution in [0.25, 0.3) is 0 Å². The molecule has 0 radical (unpaired) electrons. The van der Waals surface area contributed by atoms with Crippen LogP contribution in [0.15, 0.2) is 43.0 Å². The molecular weight excluding hydrogens is 384 g/mol. The first kappa shape index (κ1) is 24.1. The topological polar surface area (TPSA) is 108 Å². The zero-order chi connectivity index (χ0) is 22.0. The molecule has 7 nitrogen and oxygen atoms in total. The Morgan fingerprint density at radius 2 is 1.93 bits per heavy atom. The summed E-state index contributed by atoms with van der Waals surface area (Å²) in [7, 11) is 1.50. The highest BCUT2D eigenvalue weighted by Gasteiger charge is 2.35. The maximum Gasteiger partial charge on any atom is 0.224 e. The fraction of sp³-hybridized carbons (Fsp3) is 0.565. The van der Waals surface area contributed by atoms with E-state index in [1.807, 2.05) is 18.2 Å². The molecule has 0 aliphatic heterocycles. The predicted octanol–water partition coefficient (Wildman–Crippen LogP) is 1.85. The number of rotatable bonds is 12. The summed E-state index contributed by atoms with van der Waals surface area (Å²) in [5.41, 5.74) is 0.0953. The van der Waals surface area contributed by atoms with Crippen molar-refractivity contribution in [3.05, 3.63) is 48.6 Å². The van der Waals surface area contributed by atoms with E-state index in [2.05, 4.69) is 17.2 Å². The summed E-state index contributed by atoms with van der Waals surface area (Å²) < 4.78 is 5.18. The Morgan fingerprint density at radius 1 is 1.27 bits per heavy atom. The van der Waals surface area contributed by atoms with Crippen molar-refractivity contribution in [1.82, 2.24) is 10.6 Å². The van der Waals surface area contributed by atoms with Gasteiger partial charge >= 0.3 is 0 Å². The average Bonchev–Trinajstić information content (AvgIpc) is 3.22. The van der Waals surface area contributed by atoms with Crippen LogP contribution in [0.5, 0.6) is 0 Å². The number of carbonyl (C=O) groups excluding carboxylic acids is 2. The SMILES string of the molecule is C=CC[C@H](CC(=O)NC1(CO)CCCC1)C(=O)N[C@@H](COC)[C@@H](O)c1ccccc1. The van der Waals surface area contributed by atoms with Crippen LogP contribution < -0.4 is 10.6 Å². The van der Waals surface area contributed by atoms with Gasteiger partial charge in [-0.15, -0.1) is 6.58 Å². The molecule has 1 aliphatic rings. The number of amides is 2. The van der Waals surface area contributed by atoms with E-state index in [4.69, 9.17) is 4.74 Å². The van der Waals surface area contributed by atoms with Crippen molar-refractivity contribution in [3.8, 4) is 0 Å². The third-order valence-corrected chi connectivity index (χ3v) is 5.72. The zero-order valence-corrected chi connectivity index (χ0v) is 17.7. The predicted molar refractivity (Wildman–Crippen MR) is 115 cm³/mol. The van der Waals surface area contributed by atoms with E-state index in [0.717, 1.165) is 25.7 Å². The fourth-order valence-electron chi connectivity index (χ4n) is 4.00. The highest BCUT2D eigenvalue weighted by atomic mass is 16.5. The minimum absolute atomic E-state index is 0.0132. The minimum atomic E-state index is -0.940. The lowest BCUT2D eigenvalue weighted by Crippen LogP contribution is -2.51. The molecule has 1 aliphatic carbocycles. The molecule has 0 bridgehead atoms. The molecule has 0 aromatic heterocycles. The second-order valence-electron chi connectivity index (χ2n) is 8.05. The minimum Gasteiger partial charge on any atom is -0.394 e. The van der Waals surface area contributed by atoms with Gasteiger partial charge in [0.25, 0.3) is 0 Å². The summed E-state index contributed by atoms with van der Waals surface area (Å²) >= 11 is 0. The number of aliphatic hydroxyl groups excluding tert-OH is 2. The van der Waals surface area contributed by atoms with Crippen molar-refractivity contribution in [3.63, 3.8) is 0 Å². The third-order valence-electron chi connectivity index (χ3n) is 5.72. The van der Waals surface area contributed by atoms with Crippen molar-refractivity contribution >= 4 is 11.8 Å². The largest absolute Gasteiger partial charge is 0.394 e. The van der Waals surface area contributed by atoms with E-state index < -0.39 is 23.6 Å². The van der Waals surface area contributed by atoms with E-state index in [9.17, 15) is 19.8 Å². The Bertz CT molecular complexity index is 688. The molecular formula is C23H34N2O5. The van der Waals surface area contributed by atoms with E-state index in [1.165, 1.54) is 7.11 Å². The van der Waals surface area contributed by atoms with Crippen LogP contribution in [-0.4, -0.2) is 53.9 Å². The second-order valence-corrected chi connectivity index (χ2v) is 8.05. The van der Waals surface area contributed by atoms with E-state index >= 15 is 0 Å². The standard InChI is InChI=1S/C23H34N2O5/c1-3-9-18(14-20(27)25-23(16-26)12-7-8-13-23)22(29)24-19(15-30-2)21(28)17-10-5-4-6-11-17/h3-6,10-11,18-19,21,26,28H,1,7-9,12-16H2,2H3,(H,24,29)(H,25,27)/t18-,19+,21+/m1/s1. The molecule has 1 fully saturated rings. The number of ether oxygens (including phenoxy) is 1. The molecule has 1 aromatic rings. The second kappa shape index (κ2) is 11.8. The summed E-state index contributed by atoms with van der Waals surface area (Å²) in [6.07, 6.45) is 4.39. The number of methoxy groups -OCH3 is 1. The molecule has 4 N–H and O–H groups in total. The highest BCUT2D eigenvalue weighted by molar-refractivity contribution is 5.86. The molecule has 2 rings (SSSR count). The van der Waals surface area contributed by atoms with Gasteiger partial charge in [-0.05, 0) is 24.8 Å². The number of carbonyl (C=O) groups is 2. The van der Waals surface area contributed by atoms with E-state index in [-0.39, 0.29) is 31.4 Å². The van der Waals surface area contributed by atoms with Gasteiger partial charge in [-0.3, -0.25) is 9.59 Å². The van der Waals surface area contributed by atoms with Gasteiger partial charge in [0.1, 0.15) is 6.10 Å². The molecule has 0 saturated heterocycles. The van der Waals surface area contributed by atoms with Gasteiger partial charge in [0.15, 0.2) is 0 Å². The Morgan fingerprint density at radius 3 is 2.50 bits per heavy atom. The summed E-state index contributed by atoms with van der Waals surface area (Å²) in [4.78, 5) is 25.5. The summed E-state index contributed by atoms with van der Waals surface area (Å²) in [5, 5.41) is 26.2. The molecule has 30 heavy (non-hydrogen) atoms. The van der Waals surface area contributed by atoms with Crippen molar-refractivity contribution in [2.45, 2.75) is 56.2 Å². The molecule has 166 valence electrons. The summed E-state index contributed by atoms with van der Waals surface area (Å²) in [6, 6.07) is 8.39. The van der Waals surface area contributed by atoms with E-state index in [1.54, 1.807) is 18.2 Å². The first-order valence-corrected chi connectivity index (χ1v) is 10.5. The van der Waals surface area contributed by atoms with Crippen LogP contribution in [0.4, 0.5) is 0 Å². The molecule has 1 aromatic carbocycles. The lowest BCUT2D eigenvalue weighted by atomic mass is 9.95. The van der Waals surface area contributed by atoms with Crippen molar-refractivity contribution in [1.29, 1.82) is 0 Å². The zero-order valence-electron chi connectivity index (χ0n) is 17.7. The van der Waals surface area contributed by atoms with Crippen molar-refractivity contribution in [2.24, 2.45) is 5.92 Å². The normalized spacial score (nSPS) is 18.2.